The van der Waals surface area contributed by atoms with Gasteiger partial charge in [-0.2, -0.15) is 5.10 Å². The van der Waals surface area contributed by atoms with Gasteiger partial charge in [-0.3, -0.25) is 0 Å². The summed E-state index contributed by atoms with van der Waals surface area (Å²) in [5.74, 6) is 0.815. The zero-order valence-electron chi connectivity index (χ0n) is 12.1. The summed E-state index contributed by atoms with van der Waals surface area (Å²) in [7, 11) is 0. The van der Waals surface area contributed by atoms with Gasteiger partial charge >= 0.3 is 0 Å². The fourth-order valence-electron chi connectivity index (χ4n) is 2.30. The minimum absolute atomic E-state index is 0.774. The van der Waals surface area contributed by atoms with Gasteiger partial charge in [0.2, 0.25) is 0 Å². The average molecular weight is 281 g/mol. The normalized spacial score (nSPS) is 10.7. The molecule has 0 radical (unpaired) electrons. The molecule has 0 aliphatic carbocycles. The molecule has 0 unspecified atom stereocenters. The Morgan fingerprint density at radius 3 is 2.90 bits per heavy atom. The van der Waals surface area contributed by atoms with Crippen molar-refractivity contribution in [3.05, 3.63) is 60.8 Å². The van der Waals surface area contributed by atoms with E-state index in [-0.39, 0.29) is 0 Å². The van der Waals surface area contributed by atoms with Crippen molar-refractivity contribution in [3.8, 4) is 5.82 Å². The SMILES string of the molecule is CCCn1ccc(CNc2cccnc2-n2cccn2)c1. The summed E-state index contributed by atoms with van der Waals surface area (Å²) in [6.45, 7) is 4.02. The largest absolute Gasteiger partial charge is 0.378 e. The molecule has 3 rings (SSSR count). The Hall–Kier alpha value is -2.56. The highest BCUT2D eigenvalue weighted by molar-refractivity contribution is 5.56. The molecule has 0 saturated heterocycles. The smallest absolute Gasteiger partial charge is 0.176 e. The van der Waals surface area contributed by atoms with Gasteiger partial charge < -0.3 is 9.88 Å². The maximum atomic E-state index is 4.40. The zero-order chi connectivity index (χ0) is 14.5. The first-order valence-corrected chi connectivity index (χ1v) is 7.20. The van der Waals surface area contributed by atoms with Gasteiger partial charge in [-0.05, 0) is 36.2 Å². The van der Waals surface area contributed by atoms with E-state index in [0.717, 1.165) is 31.0 Å². The molecule has 1 N–H and O–H groups in total. The quantitative estimate of drug-likeness (QED) is 0.755. The van der Waals surface area contributed by atoms with Gasteiger partial charge in [0, 0.05) is 44.1 Å². The first-order chi connectivity index (χ1) is 10.4. The van der Waals surface area contributed by atoms with Crippen molar-refractivity contribution in [3.63, 3.8) is 0 Å². The summed E-state index contributed by atoms with van der Waals surface area (Å²) >= 11 is 0. The van der Waals surface area contributed by atoms with Crippen molar-refractivity contribution < 1.29 is 0 Å². The molecule has 0 saturated carbocycles. The van der Waals surface area contributed by atoms with Crippen molar-refractivity contribution in [2.75, 3.05) is 5.32 Å². The van der Waals surface area contributed by atoms with E-state index in [1.165, 1.54) is 5.56 Å². The Balaban J connectivity index is 1.73. The molecule has 0 bridgehead atoms. The van der Waals surface area contributed by atoms with E-state index in [1.807, 2.05) is 24.4 Å². The number of hydrogen-bond donors (Lipinski definition) is 1. The van der Waals surface area contributed by atoms with E-state index < -0.39 is 0 Å². The van der Waals surface area contributed by atoms with Gasteiger partial charge in [-0.15, -0.1) is 0 Å². The van der Waals surface area contributed by atoms with E-state index in [1.54, 1.807) is 17.1 Å². The Morgan fingerprint density at radius 1 is 1.14 bits per heavy atom. The Kier molecular flexibility index (Phi) is 4.00. The highest BCUT2D eigenvalue weighted by Crippen LogP contribution is 2.17. The van der Waals surface area contributed by atoms with Crippen molar-refractivity contribution in [1.82, 2.24) is 19.3 Å². The maximum Gasteiger partial charge on any atom is 0.176 e. The van der Waals surface area contributed by atoms with Gasteiger partial charge in [0.15, 0.2) is 5.82 Å². The molecule has 108 valence electrons. The lowest BCUT2D eigenvalue weighted by Gasteiger charge is -2.10. The standard InChI is InChI=1S/C16H19N5/c1-2-9-20-11-6-14(13-20)12-18-15-5-3-7-17-16(15)21-10-4-8-19-21/h3-8,10-11,13,18H,2,9,12H2,1H3. The van der Waals surface area contributed by atoms with Crippen LogP contribution in [0.4, 0.5) is 5.69 Å². The monoisotopic (exact) mass is 281 g/mol. The maximum absolute atomic E-state index is 4.40. The number of anilines is 1. The molecular weight excluding hydrogens is 262 g/mol. The Labute approximate surface area is 124 Å². The summed E-state index contributed by atoms with van der Waals surface area (Å²) < 4.78 is 3.99. The van der Waals surface area contributed by atoms with Crippen LogP contribution in [0.5, 0.6) is 0 Å². The molecule has 0 aliphatic heterocycles. The molecule has 0 spiro atoms. The third-order valence-electron chi connectivity index (χ3n) is 3.28. The predicted octanol–water partition coefficient (Wildman–Crippen LogP) is 3.09. The highest BCUT2D eigenvalue weighted by Gasteiger charge is 2.05. The first-order valence-electron chi connectivity index (χ1n) is 7.20. The highest BCUT2D eigenvalue weighted by atomic mass is 15.3. The number of hydrogen-bond acceptors (Lipinski definition) is 3. The fraction of sp³-hybridized carbons (Fsp3) is 0.250. The van der Waals surface area contributed by atoms with Crippen LogP contribution in [-0.2, 0) is 13.1 Å². The van der Waals surface area contributed by atoms with Crippen LogP contribution in [0.25, 0.3) is 5.82 Å². The van der Waals surface area contributed by atoms with Gasteiger partial charge in [0.25, 0.3) is 0 Å². The minimum Gasteiger partial charge on any atom is -0.378 e. The fourth-order valence-corrected chi connectivity index (χ4v) is 2.30. The molecule has 0 fully saturated rings. The second kappa shape index (κ2) is 6.26. The third kappa shape index (κ3) is 3.13. The second-order valence-corrected chi connectivity index (χ2v) is 4.94. The number of aryl methyl sites for hydroxylation is 1. The molecule has 0 aliphatic rings. The van der Waals surface area contributed by atoms with Crippen LogP contribution in [0.2, 0.25) is 0 Å². The Bertz CT molecular complexity index is 684. The van der Waals surface area contributed by atoms with Crippen LogP contribution in [0.3, 0.4) is 0 Å². The molecule has 0 aromatic carbocycles. The topological polar surface area (TPSA) is 47.7 Å². The van der Waals surface area contributed by atoms with E-state index in [9.17, 15) is 0 Å². The lowest BCUT2D eigenvalue weighted by molar-refractivity contribution is 0.681. The number of nitrogens with one attached hydrogen (secondary N) is 1. The molecule has 0 amide bonds. The number of aromatic nitrogens is 4. The lowest BCUT2D eigenvalue weighted by Crippen LogP contribution is -2.06. The molecule has 0 atom stereocenters. The summed E-state index contributed by atoms with van der Waals surface area (Å²) in [5.41, 5.74) is 2.24. The molecule has 3 heterocycles. The summed E-state index contributed by atoms with van der Waals surface area (Å²) in [6.07, 6.45) is 10.9. The van der Waals surface area contributed by atoms with Gasteiger partial charge in [0.05, 0.1) is 5.69 Å². The molecule has 21 heavy (non-hydrogen) atoms. The van der Waals surface area contributed by atoms with E-state index in [2.05, 4.69) is 45.4 Å². The van der Waals surface area contributed by atoms with Gasteiger partial charge in [-0.25, -0.2) is 9.67 Å². The van der Waals surface area contributed by atoms with Gasteiger partial charge in [-0.1, -0.05) is 6.92 Å². The summed E-state index contributed by atoms with van der Waals surface area (Å²) in [4.78, 5) is 4.40. The Morgan fingerprint density at radius 2 is 2.10 bits per heavy atom. The molecule has 3 aromatic heterocycles. The van der Waals surface area contributed by atoms with Crippen LogP contribution >= 0.6 is 0 Å². The lowest BCUT2D eigenvalue weighted by atomic mass is 10.3. The van der Waals surface area contributed by atoms with Crippen LogP contribution in [0.15, 0.2) is 55.2 Å². The average Bonchev–Trinajstić information content (AvgIpc) is 3.17. The van der Waals surface area contributed by atoms with Crippen LogP contribution in [0, 0.1) is 0 Å². The van der Waals surface area contributed by atoms with Crippen LogP contribution < -0.4 is 5.32 Å². The number of pyridine rings is 1. The van der Waals surface area contributed by atoms with Crippen LogP contribution in [0.1, 0.15) is 18.9 Å². The zero-order valence-corrected chi connectivity index (χ0v) is 12.1. The van der Waals surface area contributed by atoms with E-state index in [0.29, 0.717) is 0 Å². The van der Waals surface area contributed by atoms with Crippen molar-refractivity contribution in [2.24, 2.45) is 0 Å². The second-order valence-electron chi connectivity index (χ2n) is 4.94. The van der Waals surface area contributed by atoms with Gasteiger partial charge in [0.1, 0.15) is 0 Å². The molecule has 5 nitrogen and oxygen atoms in total. The third-order valence-corrected chi connectivity index (χ3v) is 3.28. The number of rotatable bonds is 6. The van der Waals surface area contributed by atoms with E-state index in [4.69, 9.17) is 0 Å². The first kappa shape index (κ1) is 13.4. The summed E-state index contributed by atoms with van der Waals surface area (Å²) in [6, 6.07) is 7.99. The van der Waals surface area contributed by atoms with Crippen molar-refractivity contribution in [2.45, 2.75) is 26.4 Å². The number of nitrogens with zero attached hydrogens (tertiary/aromatic N) is 4. The minimum atomic E-state index is 0.774. The molecule has 3 aromatic rings. The predicted molar refractivity (Wildman–Crippen MR) is 83.4 cm³/mol. The van der Waals surface area contributed by atoms with E-state index >= 15 is 0 Å². The summed E-state index contributed by atoms with van der Waals surface area (Å²) in [5, 5.41) is 7.68. The molecular formula is C16H19N5. The molecule has 5 heteroatoms. The van der Waals surface area contributed by atoms with Crippen molar-refractivity contribution >= 4 is 5.69 Å². The van der Waals surface area contributed by atoms with Crippen LogP contribution in [-0.4, -0.2) is 19.3 Å². The van der Waals surface area contributed by atoms with Crippen molar-refractivity contribution in [1.29, 1.82) is 0 Å².